The number of piperidine rings is 1. The Balaban J connectivity index is 2.11. The lowest BCUT2D eigenvalue weighted by Gasteiger charge is -2.32. The van der Waals surface area contributed by atoms with Crippen molar-refractivity contribution in [3.8, 4) is 0 Å². The molecule has 1 heterocycles. The van der Waals surface area contributed by atoms with Crippen LogP contribution in [0.15, 0.2) is 29.2 Å². The van der Waals surface area contributed by atoms with Crippen molar-refractivity contribution < 1.29 is 13.2 Å². The number of nitrogens with zero attached hydrogens (tertiary/aromatic N) is 1. The average molecular weight is 325 g/mol. The maximum absolute atomic E-state index is 12.5. The maximum Gasteiger partial charge on any atom is 0.240 e. The van der Waals surface area contributed by atoms with Gasteiger partial charge in [0.2, 0.25) is 15.9 Å². The summed E-state index contributed by atoms with van der Waals surface area (Å²) in [6.07, 6.45) is 1.84. The van der Waals surface area contributed by atoms with Gasteiger partial charge in [0.1, 0.15) is 0 Å². The minimum atomic E-state index is -3.58. The van der Waals surface area contributed by atoms with E-state index in [-0.39, 0.29) is 16.8 Å². The molecule has 6 nitrogen and oxygen atoms in total. The third-order valence-electron chi connectivity index (χ3n) is 3.74. The van der Waals surface area contributed by atoms with Gasteiger partial charge in [0.25, 0.3) is 0 Å². The second-order valence-electron chi connectivity index (χ2n) is 5.56. The Labute approximate surface area is 131 Å². The summed E-state index contributed by atoms with van der Waals surface area (Å²) in [7, 11) is -3.58. The fourth-order valence-corrected chi connectivity index (χ4v) is 3.98. The van der Waals surface area contributed by atoms with Gasteiger partial charge in [-0.2, -0.15) is 0 Å². The van der Waals surface area contributed by atoms with E-state index in [0.717, 1.165) is 32.5 Å². The minimum Gasteiger partial charge on any atom is -0.326 e. The number of sulfonamides is 1. The van der Waals surface area contributed by atoms with Crippen LogP contribution in [0.5, 0.6) is 0 Å². The van der Waals surface area contributed by atoms with Crippen molar-refractivity contribution in [2.75, 3.05) is 25.0 Å². The van der Waals surface area contributed by atoms with Crippen LogP contribution in [0.2, 0.25) is 0 Å². The zero-order valence-electron chi connectivity index (χ0n) is 13.0. The van der Waals surface area contributed by atoms with Crippen LogP contribution in [0.1, 0.15) is 26.7 Å². The molecule has 1 atom stereocenters. The first kappa shape index (κ1) is 16.9. The van der Waals surface area contributed by atoms with Crippen LogP contribution < -0.4 is 10.0 Å². The second-order valence-corrected chi connectivity index (χ2v) is 7.28. The molecule has 0 spiro atoms. The fourth-order valence-electron chi connectivity index (χ4n) is 2.67. The quantitative estimate of drug-likeness (QED) is 0.858. The first-order valence-corrected chi connectivity index (χ1v) is 9.01. The van der Waals surface area contributed by atoms with Gasteiger partial charge in [0, 0.05) is 25.2 Å². The Hall–Kier alpha value is -1.44. The number of likely N-dealkylation sites (N-methyl/N-ethyl adjacent to an activating group) is 1. The van der Waals surface area contributed by atoms with E-state index in [2.05, 4.69) is 21.9 Å². The van der Waals surface area contributed by atoms with Crippen LogP contribution in [0.3, 0.4) is 0 Å². The molecule has 0 unspecified atom stereocenters. The van der Waals surface area contributed by atoms with E-state index in [9.17, 15) is 13.2 Å². The molecular formula is C15H23N3O3S. The largest absolute Gasteiger partial charge is 0.326 e. The van der Waals surface area contributed by atoms with Gasteiger partial charge in [-0.1, -0.05) is 13.0 Å². The number of carbonyl (C=O) groups is 1. The molecule has 1 aromatic rings. The SMILES string of the molecule is CCN1CCC[C@@H](NS(=O)(=O)c2cccc(NC(C)=O)c2)C1. The summed E-state index contributed by atoms with van der Waals surface area (Å²) in [4.78, 5) is 13.5. The van der Waals surface area contributed by atoms with E-state index in [1.165, 1.54) is 19.1 Å². The molecule has 0 saturated carbocycles. The number of benzene rings is 1. The standard InChI is InChI=1S/C15H23N3O3S/c1-3-18-9-5-7-14(11-18)17-22(20,21)15-8-4-6-13(10-15)16-12(2)19/h4,6,8,10,14,17H,3,5,7,9,11H2,1-2H3,(H,16,19)/t14-/m1/s1. The van der Waals surface area contributed by atoms with Crippen molar-refractivity contribution in [3.63, 3.8) is 0 Å². The summed E-state index contributed by atoms with van der Waals surface area (Å²) in [5, 5.41) is 2.60. The molecule has 1 aliphatic rings. The van der Waals surface area contributed by atoms with Crippen LogP contribution in [-0.4, -0.2) is 44.9 Å². The number of amides is 1. The lowest BCUT2D eigenvalue weighted by atomic mass is 10.1. The topological polar surface area (TPSA) is 78.5 Å². The summed E-state index contributed by atoms with van der Waals surface area (Å²) in [6, 6.07) is 6.24. The second kappa shape index (κ2) is 7.21. The van der Waals surface area contributed by atoms with E-state index in [1.807, 2.05) is 0 Å². The Morgan fingerprint density at radius 3 is 2.86 bits per heavy atom. The van der Waals surface area contributed by atoms with Crippen molar-refractivity contribution in [2.24, 2.45) is 0 Å². The maximum atomic E-state index is 12.5. The van der Waals surface area contributed by atoms with Gasteiger partial charge in [0.15, 0.2) is 0 Å². The molecule has 0 radical (unpaired) electrons. The molecule has 2 rings (SSSR count). The zero-order chi connectivity index (χ0) is 16.2. The van der Waals surface area contributed by atoms with Crippen LogP contribution in [0.25, 0.3) is 0 Å². The summed E-state index contributed by atoms with van der Waals surface area (Å²) in [5.74, 6) is -0.228. The van der Waals surface area contributed by atoms with Gasteiger partial charge in [-0.3, -0.25) is 4.79 Å². The smallest absolute Gasteiger partial charge is 0.240 e. The van der Waals surface area contributed by atoms with E-state index >= 15 is 0 Å². The van der Waals surface area contributed by atoms with Crippen molar-refractivity contribution >= 4 is 21.6 Å². The van der Waals surface area contributed by atoms with Gasteiger partial charge in [-0.15, -0.1) is 0 Å². The Kier molecular flexibility index (Phi) is 5.55. The first-order valence-electron chi connectivity index (χ1n) is 7.53. The predicted octanol–water partition coefficient (Wildman–Crippen LogP) is 1.41. The van der Waals surface area contributed by atoms with Crippen LogP contribution in [0.4, 0.5) is 5.69 Å². The fraction of sp³-hybridized carbons (Fsp3) is 0.533. The molecule has 0 aromatic heterocycles. The van der Waals surface area contributed by atoms with Gasteiger partial charge < -0.3 is 10.2 Å². The van der Waals surface area contributed by atoms with E-state index in [4.69, 9.17) is 0 Å². The van der Waals surface area contributed by atoms with Gasteiger partial charge >= 0.3 is 0 Å². The number of hydrogen-bond donors (Lipinski definition) is 2. The van der Waals surface area contributed by atoms with Crippen LogP contribution in [0, 0.1) is 0 Å². The molecular weight excluding hydrogens is 302 g/mol. The molecule has 1 amide bonds. The molecule has 7 heteroatoms. The molecule has 122 valence electrons. The monoisotopic (exact) mass is 325 g/mol. The zero-order valence-corrected chi connectivity index (χ0v) is 13.8. The molecule has 22 heavy (non-hydrogen) atoms. The summed E-state index contributed by atoms with van der Waals surface area (Å²) in [6.45, 7) is 6.15. The molecule has 0 bridgehead atoms. The van der Waals surface area contributed by atoms with Crippen molar-refractivity contribution in [1.29, 1.82) is 0 Å². The molecule has 0 aliphatic carbocycles. The first-order chi connectivity index (χ1) is 10.4. The highest BCUT2D eigenvalue weighted by atomic mass is 32.2. The number of carbonyl (C=O) groups excluding carboxylic acids is 1. The van der Waals surface area contributed by atoms with E-state index < -0.39 is 10.0 Å². The Morgan fingerprint density at radius 2 is 2.18 bits per heavy atom. The highest BCUT2D eigenvalue weighted by Crippen LogP contribution is 2.18. The number of hydrogen-bond acceptors (Lipinski definition) is 4. The molecule has 1 aliphatic heterocycles. The lowest BCUT2D eigenvalue weighted by molar-refractivity contribution is -0.114. The van der Waals surface area contributed by atoms with Crippen LogP contribution in [-0.2, 0) is 14.8 Å². The normalized spacial score (nSPS) is 19.8. The predicted molar refractivity (Wildman–Crippen MR) is 86.2 cm³/mol. The molecule has 1 aromatic carbocycles. The molecule has 2 N–H and O–H groups in total. The summed E-state index contributed by atoms with van der Waals surface area (Å²) < 4.78 is 27.8. The minimum absolute atomic E-state index is 0.0666. The van der Waals surface area contributed by atoms with Gasteiger partial charge in [-0.25, -0.2) is 13.1 Å². The highest BCUT2D eigenvalue weighted by molar-refractivity contribution is 7.89. The average Bonchev–Trinajstić information content (AvgIpc) is 2.46. The Morgan fingerprint density at radius 1 is 1.41 bits per heavy atom. The summed E-state index contributed by atoms with van der Waals surface area (Å²) >= 11 is 0. The van der Waals surface area contributed by atoms with Gasteiger partial charge in [0.05, 0.1) is 4.90 Å². The molecule has 1 fully saturated rings. The summed E-state index contributed by atoms with van der Waals surface area (Å²) in [5.41, 5.74) is 0.481. The Bertz CT molecular complexity index is 631. The van der Waals surface area contributed by atoms with Gasteiger partial charge in [-0.05, 0) is 44.1 Å². The van der Waals surface area contributed by atoms with Crippen molar-refractivity contribution in [2.45, 2.75) is 37.6 Å². The number of nitrogens with one attached hydrogen (secondary N) is 2. The number of rotatable bonds is 5. The third kappa shape index (κ3) is 4.53. The van der Waals surface area contributed by atoms with Crippen molar-refractivity contribution in [3.05, 3.63) is 24.3 Å². The third-order valence-corrected chi connectivity index (χ3v) is 5.26. The number of likely N-dealkylation sites (tertiary alicyclic amines) is 1. The lowest BCUT2D eigenvalue weighted by Crippen LogP contribution is -2.47. The van der Waals surface area contributed by atoms with E-state index in [0.29, 0.717) is 5.69 Å². The van der Waals surface area contributed by atoms with E-state index in [1.54, 1.807) is 12.1 Å². The highest BCUT2D eigenvalue weighted by Gasteiger charge is 2.24. The number of anilines is 1. The molecule has 1 saturated heterocycles. The van der Waals surface area contributed by atoms with Crippen molar-refractivity contribution in [1.82, 2.24) is 9.62 Å². The van der Waals surface area contributed by atoms with Crippen LogP contribution >= 0.6 is 0 Å².